The highest BCUT2D eigenvalue weighted by Gasteiger charge is 2.31. The van der Waals surface area contributed by atoms with E-state index >= 15 is 0 Å². The fraction of sp³-hybridized carbons (Fsp3) is 0.273. The van der Waals surface area contributed by atoms with E-state index in [1.165, 1.54) is 6.07 Å². The first-order chi connectivity index (χ1) is 13.4. The van der Waals surface area contributed by atoms with E-state index in [0.717, 1.165) is 11.3 Å². The zero-order valence-electron chi connectivity index (χ0n) is 16.2. The van der Waals surface area contributed by atoms with Crippen LogP contribution < -0.4 is 10.1 Å². The second-order valence-corrected chi connectivity index (χ2v) is 7.02. The second-order valence-electron chi connectivity index (χ2n) is 6.63. The Morgan fingerprint density at radius 2 is 1.89 bits per heavy atom. The predicted molar refractivity (Wildman–Crippen MR) is 111 cm³/mol. The lowest BCUT2D eigenvalue weighted by Crippen LogP contribution is -2.47. The van der Waals surface area contributed by atoms with Gasteiger partial charge in [-0.3, -0.25) is 4.79 Å². The average Bonchev–Trinajstić information content (AvgIpc) is 2.67. The maximum absolute atomic E-state index is 13.7. The Bertz CT molecular complexity index is 924. The van der Waals surface area contributed by atoms with Crippen LogP contribution in [-0.4, -0.2) is 22.3 Å². The van der Waals surface area contributed by atoms with Crippen molar-refractivity contribution in [3.63, 3.8) is 0 Å². The number of hydrogen-bond acceptors (Lipinski definition) is 3. The van der Waals surface area contributed by atoms with Crippen LogP contribution in [0.25, 0.3) is 0 Å². The number of ether oxygens (including phenoxy) is 1. The number of carbonyl (C=O) groups excluding carboxylic acids is 1. The van der Waals surface area contributed by atoms with E-state index in [4.69, 9.17) is 17.0 Å². The fourth-order valence-corrected chi connectivity index (χ4v) is 3.79. The number of hydrogen-bond donors (Lipinski definition) is 1. The number of benzene rings is 2. The van der Waals surface area contributed by atoms with Crippen molar-refractivity contribution in [3.05, 3.63) is 76.7 Å². The summed E-state index contributed by atoms with van der Waals surface area (Å²) in [5.41, 5.74) is 3.00. The van der Waals surface area contributed by atoms with Gasteiger partial charge in [0.2, 0.25) is 0 Å². The highest BCUT2D eigenvalue weighted by atomic mass is 32.1. The number of carbonyl (C=O) groups is 1. The van der Waals surface area contributed by atoms with Crippen LogP contribution in [0.4, 0.5) is 4.39 Å². The van der Waals surface area contributed by atoms with Gasteiger partial charge in [-0.05, 0) is 56.8 Å². The largest absolute Gasteiger partial charge is 0.489 e. The van der Waals surface area contributed by atoms with Crippen molar-refractivity contribution in [2.75, 3.05) is 6.54 Å². The quantitative estimate of drug-likeness (QED) is 0.725. The number of Topliss-reactive ketones (excluding diaryl/α,β-unsaturated/α-hetero) is 1. The van der Waals surface area contributed by atoms with Crippen molar-refractivity contribution in [2.45, 2.75) is 33.4 Å². The van der Waals surface area contributed by atoms with Gasteiger partial charge in [0.15, 0.2) is 10.9 Å². The van der Waals surface area contributed by atoms with Gasteiger partial charge in [-0.2, -0.15) is 0 Å². The zero-order valence-corrected chi connectivity index (χ0v) is 17.0. The van der Waals surface area contributed by atoms with Gasteiger partial charge in [-0.15, -0.1) is 0 Å². The molecule has 1 atom stereocenters. The SMILES string of the molecule is CCN1C(=S)NC(c2ccc(OCc3ccccc3F)cc2)C(C(C)=O)=C1C. The van der Waals surface area contributed by atoms with Crippen LogP contribution in [0.15, 0.2) is 59.8 Å². The third-order valence-electron chi connectivity index (χ3n) is 4.86. The minimum atomic E-state index is -0.298. The van der Waals surface area contributed by atoms with E-state index in [-0.39, 0.29) is 24.2 Å². The summed E-state index contributed by atoms with van der Waals surface area (Å²) in [5.74, 6) is 0.354. The number of allylic oxidation sites excluding steroid dienone is 1. The molecule has 3 rings (SSSR count). The van der Waals surface area contributed by atoms with E-state index in [1.54, 1.807) is 25.1 Å². The average molecular weight is 399 g/mol. The van der Waals surface area contributed by atoms with Gasteiger partial charge in [0.05, 0.1) is 6.04 Å². The molecule has 0 aliphatic carbocycles. The molecule has 2 aromatic carbocycles. The molecule has 146 valence electrons. The van der Waals surface area contributed by atoms with Crippen LogP contribution in [0.5, 0.6) is 5.75 Å². The number of halogens is 1. The minimum Gasteiger partial charge on any atom is -0.489 e. The van der Waals surface area contributed by atoms with E-state index in [1.807, 2.05) is 43.0 Å². The molecule has 1 aliphatic rings. The van der Waals surface area contributed by atoms with Crippen molar-refractivity contribution in [1.29, 1.82) is 0 Å². The molecule has 0 aromatic heterocycles. The minimum absolute atomic E-state index is 0.0100. The monoisotopic (exact) mass is 398 g/mol. The summed E-state index contributed by atoms with van der Waals surface area (Å²) in [6, 6.07) is 13.7. The van der Waals surface area contributed by atoms with Crippen LogP contribution in [0.1, 0.15) is 37.9 Å². The Balaban J connectivity index is 1.80. The molecule has 0 bridgehead atoms. The lowest BCUT2D eigenvalue weighted by atomic mass is 9.92. The number of nitrogens with one attached hydrogen (secondary N) is 1. The molecule has 0 saturated heterocycles. The molecule has 1 N–H and O–H groups in total. The number of nitrogens with zero attached hydrogens (tertiary/aromatic N) is 1. The first-order valence-electron chi connectivity index (χ1n) is 9.18. The molecule has 0 spiro atoms. The Kier molecular flexibility index (Phi) is 6.09. The molecule has 2 aromatic rings. The standard InChI is InChI=1S/C22H23FN2O2S/c1-4-25-14(2)20(15(3)26)21(24-22(25)28)16-9-11-18(12-10-16)27-13-17-7-5-6-8-19(17)23/h5-12,21H,4,13H2,1-3H3,(H,24,28). The van der Waals surface area contributed by atoms with Crippen LogP contribution >= 0.6 is 12.2 Å². The highest BCUT2D eigenvalue weighted by Crippen LogP contribution is 2.31. The maximum Gasteiger partial charge on any atom is 0.173 e. The topological polar surface area (TPSA) is 41.6 Å². The van der Waals surface area contributed by atoms with Crippen molar-refractivity contribution < 1.29 is 13.9 Å². The van der Waals surface area contributed by atoms with Gasteiger partial charge >= 0.3 is 0 Å². The summed E-state index contributed by atoms with van der Waals surface area (Å²) >= 11 is 5.46. The van der Waals surface area contributed by atoms with Crippen LogP contribution in [-0.2, 0) is 11.4 Å². The summed E-state index contributed by atoms with van der Waals surface area (Å²) in [6.45, 7) is 6.34. The van der Waals surface area contributed by atoms with Crippen molar-refractivity contribution in [2.24, 2.45) is 0 Å². The van der Waals surface area contributed by atoms with Crippen molar-refractivity contribution in [3.8, 4) is 5.75 Å². The summed E-state index contributed by atoms with van der Waals surface area (Å²) in [7, 11) is 0. The molecule has 1 aliphatic heterocycles. The molecule has 4 nitrogen and oxygen atoms in total. The lowest BCUT2D eigenvalue weighted by Gasteiger charge is -2.37. The van der Waals surface area contributed by atoms with E-state index in [0.29, 0.717) is 28.5 Å². The Hall–Kier alpha value is -2.73. The third-order valence-corrected chi connectivity index (χ3v) is 5.20. The van der Waals surface area contributed by atoms with Gasteiger partial charge in [0.25, 0.3) is 0 Å². The summed E-state index contributed by atoms with van der Waals surface area (Å²) < 4.78 is 19.4. The van der Waals surface area contributed by atoms with Gasteiger partial charge in [-0.25, -0.2) is 4.39 Å². The maximum atomic E-state index is 13.7. The number of ketones is 1. The lowest BCUT2D eigenvalue weighted by molar-refractivity contribution is -0.114. The second kappa shape index (κ2) is 8.52. The Morgan fingerprint density at radius 1 is 1.21 bits per heavy atom. The van der Waals surface area contributed by atoms with Gasteiger partial charge in [0, 0.05) is 23.4 Å². The first-order valence-corrected chi connectivity index (χ1v) is 9.59. The molecule has 0 fully saturated rings. The molecule has 1 heterocycles. The molecule has 0 saturated carbocycles. The number of thiocarbonyl (C=S) groups is 1. The number of rotatable bonds is 6. The first kappa shape index (κ1) is 20.0. The van der Waals surface area contributed by atoms with Crippen molar-refractivity contribution >= 4 is 23.1 Å². The molecule has 1 unspecified atom stereocenters. The van der Waals surface area contributed by atoms with Gasteiger partial charge in [-0.1, -0.05) is 30.3 Å². The van der Waals surface area contributed by atoms with E-state index < -0.39 is 0 Å². The van der Waals surface area contributed by atoms with E-state index in [2.05, 4.69) is 5.32 Å². The molecule has 0 radical (unpaired) electrons. The van der Waals surface area contributed by atoms with E-state index in [9.17, 15) is 9.18 Å². The Morgan fingerprint density at radius 3 is 2.50 bits per heavy atom. The van der Waals surface area contributed by atoms with Crippen molar-refractivity contribution in [1.82, 2.24) is 10.2 Å². The molecule has 28 heavy (non-hydrogen) atoms. The zero-order chi connectivity index (χ0) is 20.3. The normalized spacial score (nSPS) is 16.8. The molecule has 0 amide bonds. The van der Waals surface area contributed by atoms with Gasteiger partial charge < -0.3 is 15.0 Å². The van der Waals surface area contributed by atoms with Crippen LogP contribution in [0.2, 0.25) is 0 Å². The highest BCUT2D eigenvalue weighted by molar-refractivity contribution is 7.80. The summed E-state index contributed by atoms with van der Waals surface area (Å²) in [4.78, 5) is 14.2. The third kappa shape index (κ3) is 4.07. The van der Waals surface area contributed by atoms with Gasteiger partial charge in [0.1, 0.15) is 18.2 Å². The van der Waals surface area contributed by atoms with Crippen LogP contribution in [0.3, 0.4) is 0 Å². The van der Waals surface area contributed by atoms with Crippen LogP contribution in [0, 0.1) is 5.82 Å². The molecular weight excluding hydrogens is 375 g/mol. The fourth-order valence-electron chi connectivity index (χ4n) is 3.40. The summed E-state index contributed by atoms with van der Waals surface area (Å²) in [5, 5.41) is 3.87. The summed E-state index contributed by atoms with van der Waals surface area (Å²) in [6.07, 6.45) is 0. The molecule has 6 heteroatoms. The Labute approximate surface area is 170 Å². The smallest absolute Gasteiger partial charge is 0.173 e. The predicted octanol–water partition coefficient (Wildman–Crippen LogP) is 4.52. The molecular formula is C22H23FN2O2S.